The van der Waals surface area contributed by atoms with E-state index < -0.39 is 0 Å². The summed E-state index contributed by atoms with van der Waals surface area (Å²) in [5.74, 6) is -0.247. The zero-order chi connectivity index (χ0) is 18.6. The summed E-state index contributed by atoms with van der Waals surface area (Å²) in [4.78, 5) is 24.0. The third-order valence-corrected chi connectivity index (χ3v) is 4.14. The van der Waals surface area contributed by atoms with E-state index in [0.29, 0.717) is 17.0 Å². The molecule has 2 rings (SSSR count). The fraction of sp³-hybridized carbons (Fsp3) is 0.263. The molecule has 0 aromatic heterocycles. The van der Waals surface area contributed by atoms with Gasteiger partial charge in [0.2, 0.25) is 5.91 Å². The van der Waals surface area contributed by atoms with Crippen LogP contribution in [0.1, 0.15) is 35.3 Å². The molecule has 0 radical (unpaired) electrons. The quantitative estimate of drug-likeness (QED) is 0.828. The summed E-state index contributed by atoms with van der Waals surface area (Å²) in [6, 6.07) is 8.91. The molecule has 2 amide bonds. The van der Waals surface area contributed by atoms with Crippen molar-refractivity contribution in [2.45, 2.75) is 27.2 Å². The lowest BCUT2D eigenvalue weighted by Gasteiger charge is -2.16. The maximum absolute atomic E-state index is 12.8. The summed E-state index contributed by atoms with van der Waals surface area (Å²) in [5, 5.41) is 5.82. The molecule has 0 aliphatic rings. The van der Waals surface area contributed by atoms with Gasteiger partial charge in [0.25, 0.3) is 5.91 Å². The Bertz CT molecular complexity index is 819. The van der Waals surface area contributed by atoms with E-state index in [4.69, 9.17) is 16.3 Å². The fourth-order valence-corrected chi connectivity index (χ4v) is 2.78. The van der Waals surface area contributed by atoms with Gasteiger partial charge in [-0.25, -0.2) is 0 Å². The Morgan fingerprint density at radius 3 is 2.52 bits per heavy atom. The molecule has 2 aromatic rings. The first-order chi connectivity index (χ1) is 11.9. The third-order valence-electron chi connectivity index (χ3n) is 3.82. The van der Waals surface area contributed by atoms with Crippen molar-refractivity contribution in [2.75, 3.05) is 17.7 Å². The van der Waals surface area contributed by atoms with Gasteiger partial charge in [-0.15, -0.1) is 0 Å². The van der Waals surface area contributed by atoms with E-state index in [-0.39, 0.29) is 16.8 Å². The molecule has 0 saturated carbocycles. The predicted octanol–water partition coefficient (Wildman–Crippen LogP) is 4.43. The number of nitrogens with one attached hydrogen (secondary N) is 2. The highest BCUT2D eigenvalue weighted by molar-refractivity contribution is 6.34. The molecule has 0 atom stereocenters. The van der Waals surface area contributed by atoms with Crippen LogP contribution in [-0.4, -0.2) is 18.9 Å². The van der Waals surface area contributed by atoms with Crippen LogP contribution in [0.2, 0.25) is 5.02 Å². The first kappa shape index (κ1) is 18.8. The van der Waals surface area contributed by atoms with Gasteiger partial charge in [0.05, 0.1) is 23.4 Å². The number of carbonyl (C=O) groups excluding carboxylic acids is 2. The summed E-state index contributed by atoms with van der Waals surface area (Å²) in [6.45, 7) is 5.36. The second-order valence-corrected chi connectivity index (χ2v) is 6.04. The first-order valence-corrected chi connectivity index (χ1v) is 8.30. The summed E-state index contributed by atoms with van der Waals surface area (Å²) in [6.07, 6.45) is 0.802. The minimum atomic E-state index is -0.322. The molecule has 0 heterocycles. The second kappa shape index (κ2) is 8.03. The number of hydrogen-bond acceptors (Lipinski definition) is 3. The van der Waals surface area contributed by atoms with Crippen molar-refractivity contribution in [3.05, 3.63) is 52.0 Å². The fourth-order valence-electron chi connectivity index (χ4n) is 2.57. The summed E-state index contributed by atoms with van der Waals surface area (Å²) in [5.41, 5.74) is 3.51. The molecule has 2 aromatic carbocycles. The predicted molar refractivity (Wildman–Crippen MR) is 101 cm³/mol. The Hall–Kier alpha value is -2.53. The van der Waals surface area contributed by atoms with Gasteiger partial charge in [-0.3, -0.25) is 9.59 Å². The number of anilines is 2. The SMILES string of the molecule is CCc1cccc(C)c1NC(=O)c1cc(Cl)c(NC(C)=O)cc1OC. The number of halogens is 1. The van der Waals surface area contributed by atoms with Gasteiger partial charge >= 0.3 is 0 Å². The van der Waals surface area contributed by atoms with Crippen molar-refractivity contribution in [1.82, 2.24) is 0 Å². The number of methoxy groups -OCH3 is 1. The molecule has 25 heavy (non-hydrogen) atoms. The number of amides is 2. The van der Waals surface area contributed by atoms with Crippen LogP contribution in [0, 0.1) is 6.92 Å². The molecule has 0 fully saturated rings. The van der Waals surface area contributed by atoms with Crippen LogP contribution in [0.3, 0.4) is 0 Å². The van der Waals surface area contributed by atoms with E-state index in [1.54, 1.807) is 0 Å². The number of carbonyl (C=O) groups is 2. The average Bonchev–Trinajstić information content (AvgIpc) is 2.57. The van der Waals surface area contributed by atoms with Crippen molar-refractivity contribution < 1.29 is 14.3 Å². The highest BCUT2D eigenvalue weighted by atomic mass is 35.5. The summed E-state index contributed by atoms with van der Waals surface area (Å²) < 4.78 is 5.30. The van der Waals surface area contributed by atoms with Gasteiger partial charge in [0, 0.05) is 18.7 Å². The Kier molecular flexibility index (Phi) is 6.04. The number of para-hydroxylation sites is 1. The zero-order valence-corrected chi connectivity index (χ0v) is 15.5. The van der Waals surface area contributed by atoms with Crippen LogP contribution < -0.4 is 15.4 Å². The first-order valence-electron chi connectivity index (χ1n) is 7.92. The van der Waals surface area contributed by atoms with Gasteiger partial charge in [0.15, 0.2) is 0 Å². The zero-order valence-electron chi connectivity index (χ0n) is 14.7. The maximum atomic E-state index is 12.8. The van der Waals surface area contributed by atoms with Crippen molar-refractivity contribution >= 4 is 34.8 Å². The van der Waals surface area contributed by atoms with Crippen LogP contribution in [0.5, 0.6) is 5.75 Å². The highest BCUT2D eigenvalue weighted by Crippen LogP contribution is 2.32. The van der Waals surface area contributed by atoms with E-state index in [9.17, 15) is 9.59 Å². The van der Waals surface area contributed by atoms with E-state index >= 15 is 0 Å². The smallest absolute Gasteiger partial charge is 0.259 e. The second-order valence-electron chi connectivity index (χ2n) is 5.63. The molecule has 0 bridgehead atoms. The van der Waals surface area contributed by atoms with Crippen molar-refractivity contribution in [1.29, 1.82) is 0 Å². The van der Waals surface area contributed by atoms with Crippen LogP contribution in [0.25, 0.3) is 0 Å². The number of hydrogen-bond donors (Lipinski definition) is 2. The van der Waals surface area contributed by atoms with Crippen LogP contribution in [0.15, 0.2) is 30.3 Å². The normalized spacial score (nSPS) is 10.3. The lowest BCUT2D eigenvalue weighted by molar-refractivity contribution is -0.114. The third kappa shape index (κ3) is 4.31. The van der Waals surface area contributed by atoms with Gasteiger partial charge in [0.1, 0.15) is 5.75 Å². The van der Waals surface area contributed by atoms with Gasteiger partial charge in [-0.05, 0) is 30.5 Å². The minimum Gasteiger partial charge on any atom is -0.496 e. The van der Waals surface area contributed by atoms with Gasteiger partial charge in [-0.2, -0.15) is 0 Å². The number of aryl methyl sites for hydroxylation is 2. The molecule has 0 aliphatic heterocycles. The molecule has 0 saturated heterocycles. The van der Waals surface area contributed by atoms with Crippen LogP contribution >= 0.6 is 11.6 Å². The maximum Gasteiger partial charge on any atom is 0.259 e. The van der Waals surface area contributed by atoms with E-state index in [0.717, 1.165) is 23.2 Å². The van der Waals surface area contributed by atoms with Gasteiger partial charge < -0.3 is 15.4 Å². The van der Waals surface area contributed by atoms with Crippen molar-refractivity contribution in [2.24, 2.45) is 0 Å². The highest BCUT2D eigenvalue weighted by Gasteiger charge is 2.18. The monoisotopic (exact) mass is 360 g/mol. The molecular weight excluding hydrogens is 340 g/mol. The Balaban J connectivity index is 2.40. The molecule has 2 N–H and O–H groups in total. The summed E-state index contributed by atoms with van der Waals surface area (Å²) in [7, 11) is 1.46. The Labute approximate surface area is 152 Å². The average molecular weight is 361 g/mol. The lowest BCUT2D eigenvalue weighted by atomic mass is 10.0. The standard InChI is InChI=1S/C19H21ClN2O3/c1-5-13-8-6-7-11(2)18(13)22-19(24)14-9-15(20)16(21-12(3)23)10-17(14)25-4/h6-10H,5H2,1-4H3,(H,21,23)(H,22,24). The van der Waals surface area contributed by atoms with Crippen LogP contribution in [0.4, 0.5) is 11.4 Å². The molecule has 6 heteroatoms. The summed E-state index contributed by atoms with van der Waals surface area (Å²) >= 11 is 6.19. The topological polar surface area (TPSA) is 67.4 Å². The van der Waals surface area contributed by atoms with Crippen molar-refractivity contribution in [3.63, 3.8) is 0 Å². The largest absolute Gasteiger partial charge is 0.496 e. The minimum absolute atomic E-state index is 0.256. The van der Waals surface area contributed by atoms with Crippen molar-refractivity contribution in [3.8, 4) is 5.75 Å². The Morgan fingerprint density at radius 2 is 1.92 bits per heavy atom. The number of benzene rings is 2. The molecule has 0 aliphatic carbocycles. The molecule has 132 valence electrons. The van der Waals surface area contributed by atoms with E-state index in [2.05, 4.69) is 10.6 Å². The van der Waals surface area contributed by atoms with Gasteiger partial charge in [-0.1, -0.05) is 36.7 Å². The molecule has 5 nitrogen and oxygen atoms in total. The Morgan fingerprint density at radius 1 is 1.20 bits per heavy atom. The molecule has 0 spiro atoms. The lowest BCUT2D eigenvalue weighted by Crippen LogP contribution is -2.16. The van der Waals surface area contributed by atoms with E-state index in [1.165, 1.54) is 26.2 Å². The van der Waals surface area contributed by atoms with Crippen LogP contribution in [-0.2, 0) is 11.2 Å². The van der Waals surface area contributed by atoms with E-state index in [1.807, 2.05) is 32.0 Å². The molecule has 0 unspecified atom stereocenters. The number of ether oxygens (including phenoxy) is 1. The number of rotatable bonds is 5. The molecular formula is C19H21ClN2O3.